The van der Waals surface area contributed by atoms with Crippen LogP contribution in [0.2, 0.25) is 0 Å². The average molecular weight is 214 g/mol. The predicted molar refractivity (Wildman–Crippen MR) is 59.7 cm³/mol. The van der Waals surface area contributed by atoms with E-state index in [2.05, 4.69) is 11.4 Å². The van der Waals surface area contributed by atoms with Crippen molar-refractivity contribution in [3.05, 3.63) is 22.4 Å². The molecule has 0 saturated heterocycles. The molecular formula is C11H18O2S. The first kappa shape index (κ1) is 11.7. The minimum Gasteiger partial charge on any atom is -0.387 e. The summed E-state index contributed by atoms with van der Waals surface area (Å²) >= 11 is 1.73. The first-order valence-electron chi connectivity index (χ1n) is 4.84. The van der Waals surface area contributed by atoms with Gasteiger partial charge in [0.05, 0.1) is 11.7 Å². The largest absolute Gasteiger partial charge is 0.387 e. The molecule has 3 heteroatoms. The van der Waals surface area contributed by atoms with Gasteiger partial charge in [-0.1, -0.05) is 6.07 Å². The molecule has 1 rings (SSSR count). The Labute approximate surface area is 89.5 Å². The molecule has 0 radical (unpaired) electrons. The van der Waals surface area contributed by atoms with E-state index >= 15 is 0 Å². The molecule has 1 aromatic heterocycles. The molecule has 0 spiro atoms. The van der Waals surface area contributed by atoms with Gasteiger partial charge in [-0.15, -0.1) is 11.3 Å². The highest BCUT2D eigenvalue weighted by molar-refractivity contribution is 7.09. The number of ether oxygens (including phenoxy) is 1. The van der Waals surface area contributed by atoms with Crippen molar-refractivity contribution in [2.45, 2.75) is 38.4 Å². The number of rotatable bonds is 5. The molecule has 1 N–H and O–H groups in total. The maximum atomic E-state index is 10.1. The molecule has 1 aromatic rings. The summed E-state index contributed by atoms with van der Waals surface area (Å²) in [4.78, 5) is 1.31. The zero-order chi connectivity index (χ0) is 10.6. The van der Waals surface area contributed by atoms with E-state index in [4.69, 9.17) is 4.74 Å². The van der Waals surface area contributed by atoms with E-state index in [0.29, 0.717) is 0 Å². The fourth-order valence-electron chi connectivity index (χ4n) is 1.29. The first-order chi connectivity index (χ1) is 6.56. The third-order valence-corrected chi connectivity index (χ3v) is 3.62. The van der Waals surface area contributed by atoms with Crippen molar-refractivity contribution in [2.75, 3.05) is 7.11 Å². The number of methoxy groups -OCH3 is 1. The van der Waals surface area contributed by atoms with Crippen LogP contribution in [0.25, 0.3) is 0 Å². The Kier molecular flexibility index (Phi) is 4.11. The summed E-state index contributed by atoms with van der Waals surface area (Å²) in [5.41, 5.74) is -0.737. The lowest BCUT2D eigenvalue weighted by molar-refractivity contribution is -0.0765. The molecule has 1 heterocycles. The lowest BCUT2D eigenvalue weighted by Crippen LogP contribution is -2.38. The second-order valence-electron chi connectivity index (χ2n) is 3.81. The van der Waals surface area contributed by atoms with Gasteiger partial charge in [-0.05, 0) is 38.1 Å². The zero-order valence-electron chi connectivity index (χ0n) is 8.99. The monoisotopic (exact) mass is 214 g/mol. The van der Waals surface area contributed by atoms with Crippen molar-refractivity contribution >= 4 is 11.3 Å². The number of hydrogen-bond donors (Lipinski definition) is 1. The van der Waals surface area contributed by atoms with Crippen LogP contribution in [-0.4, -0.2) is 23.9 Å². The lowest BCUT2D eigenvalue weighted by atomic mass is 9.94. The Balaban J connectivity index is 2.44. The van der Waals surface area contributed by atoms with Gasteiger partial charge in [0.2, 0.25) is 0 Å². The summed E-state index contributed by atoms with van der Waals surface area (Å²) in [5, 5.41) is 12.1. The SMILES string of the molecule is COC(C)C(C)(O)CCc1cccs1. The van der Waals surface area contributed by atoms with Crippen molar-refractivity contribution < 1.29 is 9.84 Å². The van der Waals surface area contributed by atoms with Gasteiger partial charge in [-0.3, -0.25) is 0 Å². The van der Waals surface area contributed by atoms with Gasteiger partial charge in [-0.2, -0.15) is 0 Å². The van der Waals surface area contributed by atoms with Crippen LogP contribution in [0.4, 0.5) is 0 Å². The van der Waals surface area contributed by atoms with E-state index < -0.39 is 5.60 Å². The van der Waals surface area contributed by atoms with Crippen LogP contribution in [-0.2, 0) is 11.2 Å². The predicted octanol–water partition coefficient (Wildman–Crippen LogP) is 2.47. The number of thiophene rings is 1. The van der Waals surface area contributed by atoms with E-state index in [1.54, 1.807) is 18.4 Å². The third-order valence-electron chi connectivity index (χ3n) is 2.69. The number of hydrogen-bond acceptors (Lipinski definition) is 3. The van der Waals surface area contributed by atoms with E-state index in [-0.39, 0.29) is 6.10 Å². The molecule has 14 heavy (non-hydrogen) atoms. The zero-order valence-corrected chi connectivity index (χ0v) is 9.80. The Hall–Kier alpha value is -0.380. The highest BCUT2D eigenvalue weighted by Gasteiger charge is 2.27. The quantitative estimate of drug-likeness (QED) is 0.816. The molecule has 80 valence electrons. The summed E-state index contributed by atoms with van der Waals surface area (Å²) < 4.78 is 5.14. The van der Waals surface area contributed by atoms with E-state index in [1.165, 1.54) is 4.88 Å². The number of aliphatic hydroxyl groups is 1. The molecular weight excluding hydrogens is 196 g/mol. The van der Waals surface area contributed by atoms with Crippen molar-refractivity contribution in [3.63, 3.8) is 0 Å². The molecule has 2 atom stereocenters. The topological polar surface area (TPSA) is 29.5 Å². The second-order valence-corrected chi connectivity index (χ2v) is 4.85. The van der Waals surface area contributed by atoms with Crippen molar-refractivity contribution in [2.24, 2.45) is 0 Å². The maximum absolute atomic E-state index is 10.1. The summed E-state index contributed by atoms with van der Waals surface area (Å²) in [5.74, 6) is 0. The molecule has 0 amide bonds. The van der Waals surface area contributed by atoms with E-state index in [0.717, 1.165) is 12.8 Å². The van der Waals surface area contributed by atoms with Gasteiger partial charge in [0.1, 0.15) is 0 Å². The van der Waals surface area contributed by atoms with Crippen LogP contribution >= 0.6 is 11.3 Å². The van der Waals surface area contributed by atoms with Crippen molar-refractivity contribution in [1.29, 1.82) is 0 Å². The molecule has 0 aliphatic carbocycles. The normalized spacial score (nSPS) is 17.7. The fourth-order valence-corrected chi connectivity index (χ4v) is 2.00. The summed E-state index contributed by atoms with van der Waals surface area (Å²) in [6.45, 7) is 3.73. The van der Waals surface area contributed by atoms with E-state index in [9.17, 15) is 5.11 Å². The van der Waals surface area contributed by atoms with Gasteiger partial charge < -0.3 is 9.84 Å². The van der Waals surface area contributed by atoms with Crippen LogP contribution in [0.5, 0.6) is 0 Å². The Morgan fingerprint density at radius 3 is 2.86 bits per heavy atom. The number of aryl methyl sites for hydroxylation is 1. The van der Waals surface area contributed by atoms with Gasteiger partial charge >= 0.3 is 0 Å². The molecule has 0 aliphatic rings. The summed E-state index contributed by atoms with van der Waals surface area (Å²) in [6, 6.07) is 4.13. The second kappa shape index (κ2) is 4.91. The minimum absolute atomic E-state index is 0.123. The average Bonchev–Trinajstić information content (AvgIpc) is 2.66. The van der Waals surface area contributed by atoms with Crippen molar-refractivity contribution in [3.8, 4) is 0 Å². The molecule has 0 bridgehead atoms. The van der Waals surface area contributed by atoms with Gasteiger partial charge in [-0.25, -0.2) is 0 Å². The van der Waals surface area contributed by atoms with Gasteiger partial charge in [0.25, 0.3) is 0 Å². The first-order valence-corrected chi connectivity index (χ1v) is 5.72. The molecule has 2 unspecified atom stereocenters. The lowest BCUT2D eigenvalue weighted by Gasteiger charge is -2.28. The Morgan fingerprint density at radius 2 is 2.36 bits per heavy atom. The molecule has 0 aliphatic heterocycles. The molecule has 0 saturated carbocycles. The minimum atomic E-state index is -0.737. The summed E-state index contributed by atoms with van der Waals surface area (Å²) in [7, 11) is 1.63. The standard InChI is InChI=1S/C11H18O2S/c1-9(13-3)11(2,12)7-6-10-5-4-8-14-10/h4-5,8-9,12H,6-7H2,1-3H3. The van der Waals surface area contributed by atoms with Crippen LogP contribution in [0.3, 0.4) is 0 Å². The van der Waals surface area contributed by atoms with Crippen LogP contribution in [0.15, 0.2) is 17.5 Å². The molecule has 0 fully saturated rings. The van der Waals surface area contributed by atoms with Crippen LogP contribution < -0.4 is 0 Å². The third kappa shape index (κ3) is 3.08. The highest BCUT2D eigenvalue weighted by Crippen LogP contribution is 2.21. The van der Waals surface area contributed by atoms with E-state index in [1.807, 2.05) is 19.9 Å². The summed E-state index contributed by atoms with van der Waals surface area (Å²) in [6.07, 6.45) is 1.53. The molecule has 2 nitrogen and oxygen atoms in total. The van der Waals surface area contributed by atoms with Gasteiger partial charge in [0.15, 0.2) is 0 Å². The highest BCUT2D eigenvalue weighted by atomic mass is 32.1. The fraction of sp³-hybridized carbons (Fsp3) is 0.636. The van der Waals surface area contributed by atoms with Gasteiger partial charge in [0, 0.05) is 12.0 Å². The Bertz CT molecular complexity index is 254. The molecule has 0 aromatic carbocycles. The van der Waals surface area contributed by atoms with Crippen LogP contribution in [0.1, 0.15) is 25.1 Å². The maximum Gasteiger partial charge on any atom is 0.0880 e. The Morgan fingerprint density at radius 1 is 1.64 bits per heavy atom. The van der Waals surface area contributed by atoms with Crippen molar-refractivity contribution in [1.82, 2.24) is 0 Å². The van der Waals surface area contributed by atoms with Crippen LogP contribution in [0, 0.1) is 0 Å². The smallest absolute Gasteiger partial charge is 0.0880 e.